The van der Waals surface area contributed by atoms with Gasteiger partial charge in [-0.25, -0.2) is 44.9 Å². The van der Waals surface area contributed by atoms with Crippen LogP contribution in [0.4, 0.5) is 0 Å². The van der Waals surface area contributed by atoms with Crippen LogP contribution in [-0.2, 0) is 0 Å². The average Bonchev–Trinajstić information content (AvgIpc) is 1.76. The van der Waals surface area contributed by atoms with Gasteiger partial charge in [-0.15, -0.1) is 34.0 Å². The maximum absolute atomic E-state index is 5.07. The van der Waals surface area contributed by atoms with Crippen molar-refractivity contribution in [2.45, 2.75) is 0 Å². The molecule has 12 heteroatoms. The summed E-state index contributed by atoms with van der Waals surface area (Å²) in [5.41, 5.74) is 27.9. The smallest absolute Gasteiger partial charge is 0.161 e. The summed E-state index contributed by atoms with van der Waals surface area (Å²) in [4.78, 5) is 44.9. The van der Waals surface area contributed by atoms with E-state index in [9.17, 15) is 0 Å². The van der Waals surface area contributed by atoms with Crippen LogP contribution in [0, 0.1) is 0 Å². The molecule has 6 aromatic heterocycles. The normalized spacial score (nSPS) is 11.1. The summed E-state index contributed by atoms with van der Waals surface area (Å²) < 4.78 is 3.54. The van der Waals surface area contributed by atoms with E-state index in [4.69, 9.17) is 44.9 Å². The average molecular weight is 1550 g/mol. The topological polar surface area (TPSA) is 116 Å². The molecule has 0 atom stereocenters. The first kappa shape index (κ1) is 72.5. The van der Waals surface area contributed by atoms with Crippen molar-refractivity contribution in [2.75, 3.05) is 0 Å². The fraction of sp³-hybridized carbons (Fsp3) is 0. The maximum Gasteiger partial charge on any atom is 0.161 e. The van der Waals surface area contributed by atoms with Crippen molar-refractivity contribution in [1.82, 2.24) is 44.9 Å². The molecule has 0 unspecified atom stereocenters. The quantitative estimate of drug-likeness (QED) is 0.0989. The van der Waals surface area contributed by atoms with Crippen LogP contribution in [0.25, 0.3) is 197 Å². The van der Waals surface area contributed by atoms with Crippen LogP contribution in [0.3, 0.4) is 0 Å². The second-order valence-corrected chi connectivity index (χ2v) is 31.1. The standard InChI is InChI=1S/3C35H23N3S/c1-4-12-24(13-5-1)30-23-31(25-14-6-2-7-15-25)37-34(36-30)29-19-11-10-18-28(29)27-20-21-33-32(22-27)38-35(39-33)26-16-8-3-9-17-26;1-4-11-24(12-5-1)30-23-31(25-13-6-2-7-14-25)37-34(36-30)29-18-10-17-27(21-29)28-19-20-33-32(22-28)38-35(39-33)26-15-8-3-9-16-26;1-4-10-25(11-5-1)30-23-31(26-12-6-2-7-13-26)37-34(36-30)27-18-16-24(17-19-27)29-20-21-33-32(22-29)38-35(39-33)28-14-8-3-9-15-28/h3*1-23H. The van der Waals surface area contributed by atoms with Gasteiger partial charge in [0.1, 0.15) is 15.0 Å². The van der Waals surface area contributed by atoms with Gasteiger partial charge in [0.15, 0.2) is 17.5 Å². The third-order valence-electron chi connectivity index (χ3n) is 20.2. The molecule has 0 saturated heterocycles. The Morgan fingerprint density at radius 2 is 0.376 bits per heavy atom. The molecule has 0 aliphatic carbocycles. The van der Waals surface area contributed by atoms with Gasteiger partial charge in [-0.3, -0.25) is 0 Å². The predicted octanol–water partition coefficient (Wildman–Crippen LogP) is 28.3. The van der Waals surface area contributed by atoms with E-state index in [2.05, 4.69) is 291 Å². The molecule has 0 N–H and O–H groups in total. The first-order chi connectivity index (χ1) is 57.9. The first-order valence-corrected chi connectivity index (χ1v) is 41.1. The molecule has 117 heavy (non-hydrogen) atoms. The van der Waals surface area contributed by atoms with E-state index in [1.165, 1.54) is 14.1 Å². The molecule has 0 radical (unpaired) electrons. The van der Waals surface area contributed by atoms with E-state index in [0.717, 1.165) is 166 Å². The van der Waals surface area contributed by atoms with E-state index in [0.29, 0.717) is 17.5 Å². The first-order valence-electron chi connectivity index (χ1n) is 38.6. The number of thiazole rings is 3. The zero-order valence-electron chi connectivity index (χ0n) is 63.1. The highest BCUT2D eigenvalue weighted by Gasteiger charge is 2.19. The van der Waals surface area contributed by atoms with Gasteiger partial charge < -0.3 is 0 Å². The zero-order chi connectivity index (χ0) is 78.1. The molecule has 21 rings (SSSR count). The van der Waals surface area contributed by atoms with Gasteiger partial charge in [0.25, 0.3) is 0 Å². The van der Waals surface area contributed by atoms with Crippen molar-refractivity contribution in [3.8, 4) is 167 Å². The lowest BCUT2D eigenvalue weighted by molar-refractivity contribution is 1.18. The number of rotatable bonds is 15. The monoisotopic (exact) mass is 1550 g/mol. The minimum Gasteiger partial charge on any atom is -0.236 e. The predicted molar refractivity (Wildman–Crippen MR) is 487 cm³/mol. The van der Waals surface area contributed by atoms with Gasteiger partial charge in [-0.2, -0.15) is 0 Å². The highest BCUT2D eigenvalue weighted by molar-refractivity contribution is 7.22. The van der Waals surface area contributed by atoms with Gasteiger partial charge >= 0.3 is 0 Å². The van der Waals surface area contributed by atoms with Crippen LogP contribution >= 0.6 is 34.0 Å². The fourth-order valence-corrected chi connectivity index (χ4v) is 17.1. The second kappa shape index (κ2) is 33.5. The minimum atomic E-state index is 0.703. The second-order valence-electron chi connectivity index (χ2n) is 28.0. The van der Waals surface area contributed by atoms with E-state index in [-0.39, 0.29) is 0 Å². The van der Waals surface area contributed by atoms with Crippen LogP contribution in [0.15, 0.2) is 419 Å². The molecule has 0 amide bonds. The van der Waals surface area contributed by atoms with Crippen LogP contribution in [0.5, 0.6) is 0 Å². The number of hydrogen-bond donors (Lipinski definition) is 0. The lowest BCUT2D eigenvalue weighted by Gasteiger charge is -2.12. The van der Waals surface area contributed by atoms with Crippen molar-refractivity contribution in [3.05, 3.63) is 419 Å². The highest BCUT2D eigenvalue weighted by atomic mass is 32.1. The Morgan fingerprint density at radius 3 is 0.726 bits per heavy atom. The fourth-order valence-electron chi connectivity index (χ4n) is 14.3. The summed E-state index contributed by atoms with van der Waals surface area (Å²) in [5.74, 6) is 2.12. The van der Waals surface area contributed by atoms with Gasteiger partial charge in [-0.1, -0.05) is 358 Å². The van der Waals surface area contributed by atoms with Crippen molar-refractivity contribution >= 4 is 64.7 Å². The SMILES string of the molecule is c1ccc(-c2cc(-c3ccccc3)nc(-c3ccc(-c4ccc5sc(-c6ccccc6)nc5c4)cc3)n2)cc1.c1ccc(-c2cc(-c3ccccc3)nc(-c3cccc(-c4ccc5sc(-c6ccccc6)nc5c4)c3)n2)cc1.c1ccc(-c2cc(-c3ccccc3)nc(-c3ccccc3-c3ccc4sc(-c5ccccc5)nc4c3)n2)cc1. The molecule has 0 bridgehead atoms. The third-order valence-corrected chi connectivity index (χ3v) is 23.5. The molecular weight excluding hydrogens is 1480 g/mol. The number of benzene rings is 15. The molecule has 6 heterocycles. The minimum absolute atomic E-state index is 0.703. The number of fused-ring (bicyclic) bond motifs is 3. The number of aromatic nitrogens is 9. The van der Waals surface area contributed by atoms with E-state index >= 15 is 0 Å². The Labute approximate surface area is 689 Å². The summed E-state index contributed by atoms with van der Waals surface area (Å²) in [7, 11) is 0. The summed E-state index contributed by atoms with van der Waals surface area (Å²) in [6.45, 7) is 0. The van der Waals surface area contributed by atoms with E-state index in [1.807, 2.05) is 127 Å². The molecule has 15 aromatic carbocycles. The maximum atomic E-state index is 5.07. The molecule has 0 saturated carbocycles. The molecule has 0 aliphatic heterocycles. The largest absolute Gasteiger partial charge is 0.236 e. The van der Waals surface area contributed by atoms with E-state index in [1.54, 1.807) is 34.0 Å². The van der Waals surface area contributed by atoms with Gasteiger partial charge in [0, 0.05) is 66.8 Å². The Hall–Kier alpha value is -14.8. The van der Waals surface area contributed by atoms with Crippen LogP contribution in [-0.4, -0.2) is 44.9 Å². The lowest BCUT2D eigenvalue weighted by atomic mass is 9.98. The Bertz CT molecular complexity index is 6840. The van der Waals surface area contributed by atoms with Crippen molar-refractivity contribution in [1.29, 1.82) is 0 Å². The summed E-state index contributed by atoms with van der Waals surface area (Å²) in [5, 5.41) is 3.11. The Morgan fingerprint density at radius 1 is 0.137 bits per heavy atom. The highest BCUT2D eigenvalue weighted by Crippen LogP contribution is 2.41. The van der Waals surface area contributed by atoms with Gasteiger partial charge in [0.2, 0.25) is 0 Å². The Balaban J connectivity index is 0.000000117. The zero-order valence-corrected chi connectivity index (χ0v) is 65.5. The van der Waals surface area contributed by atoms with Crippen molar-refractivity contribution in [3.63, 3.8) is 0 Å². The number of nitrogens with zero attached hydrogens (tertiary/aromatic N) is 9. The van der Waals surface area contributed by atoms with Crippen molar-refractivity contribution in [2.24, 2.45) is 0 Å². The molecule has 0 spiro atoms. The molecule has 21 aromatic rings. The summed E-state index contributed by atoms with van der Waals surface area (Å²) in [6, 6.07) is 144. The lowest BCUT2D eigenvalue weighted by Crippen LogP contribution is -1.97. The number of hydrogen-bond acceptors (Lipinski definition) is 12. The van der Waals surface area contributed by atoms with Crippen LogP contribution < -0.4 is 0 Å². The molecule has 552 valence electrons. The van der Waals surface area contributed by atoms with Crippen molar-refractivity contribution < 1.29 is 0 Å². The van der Waals surface area contributed by atoms with Crippen LogP contribution in [0.2, 0.25) is 0 Å². The van der Waals surface area contributed by atoms with Crippen LogP contribution in [0.1, 0.15) is 0 Å². The van der Waals surface area contributed by atoms with Gasteiger partial charge in [-0.05, 0) is 94.0 Å². The molecule has 9 nitrogen and oxygen atoms in total. The van der Waals surface area contributed by atoms with Gasteiger partial charge in [0.05, 0.1) is 64.8 Å². The summed E-state index contributed by atoms with van der Waals surface area (Å²) in [6.07, 6.45) is 0. The molecule has 0 fully saturated rings. The van der Waals surface area contributed by atoms with E-state index < -0.39 is 0 Å². The molecule has 0 aliphatic rings. The third kappa shape index (κ3) is 16.3. The summed E-state index contributed by atoms with van der Waals surface area (Å²) >= 11 is 5.17. The Kier molecular flexibility index (Phi) is 20.7. The molecular formula is C105H69N9S3.